The van der Waals surface area contributed by atoms with Crippen LogP contribution in [0.4, 0.5) is 0 Å². The lowest BCUT2D eigenvalue weighted by Gasteiger charge is -2.50. The van der Waals surface area contributed by atoms with Crippen LogP contribution in [0.5, 0.6) is 0 Å². The van der Waals surface area contributed by atoms with Crippen molar-refractivity contribution < 1.29 is 14.5 Å². The van der Waals surface area contributed by atoms with Gasteiger partial charge in [-0.1, -0.05) is 57.6 Å². The van der Waals surface area contributed by atoms with Crippen LogP contribution in [-0.4, -0.2) is 50.0 Å². The molecule has 1 amide bonds. The smallest absolute Gasteiger partial charge is 0.252 e. The average molecular weight is 471 g/mol. The number of aromatic nitrogens is 1. The minimum atomic E-state index is -1.34. The van der Waals surface area contributed by atoms with Crippen LogP contribution in [0.15, 0.2) is 22.0 Å². The number of hydrogen-bond donors (Lipinski definition) is 1. The van der Waals surface area contributed by atoms with Crippen LogP contribution in [0, 0.1) is 11.3 Å². The summed E-state index contributed by atoms with van der Waals surface area (Å²) in [5.74, 6) is 0.829. The summed E-state index contributed by atoms with van der Waals surface area (Å²) in [6.07, 6.45) is 11.2. The van der Waals surface area contributed by atoms with Crippen molar-refractivity contribution >= 4 is 28.7 Å². The van der Waals surface area contributed by atoms with Crippen LogP contribution in [0.25, 0.3) is 0 Å². The zero-order chi connectivity index (χ0) is 22.8. The van der Waals surface area contributed by atoms with Gasteiger partial charge in [0, 0.05) is 31.0 Å². The summed E-state index contributed by atoms with van der Waals surface area (Å²) >= 11 is 4.72. The Morgan fingerprint density at radius 3 is 2.61 bits per heavy atom. The summed E-state index contributed by atoms with van der Waals surface area (Å²) < 4.78 is 13.3. The van der Waals surface area contributed by atoms with Gasteiger partial charge in [0.05, 0.1) is 18.3 Å². The van der Waals surface area contributed by atoms with Crippen molar-refractivity contribution in [3.63, 3.8) is 0 Å². The van der Waals surface area contributed by atoms with Crippen molar-refractivity contribution in [1.29, 1.82) is 0 Å². The third kappa shape index (κ3) is 5.67. The second kappa shape index (κ2) is 9.86. The SMILES string of the molecule is C[S+]([O-])c1cn(CC2(O)CCN(C(=O)CCC3CCCCC3)CC2(C)C)c(=O)cc1Cl. The van der Waals surface area contributed by atoms with Crippen LogP contribution < -0.4 is 5.56 Å². The highest BCUT2D eigenvalue weighted by Gasteiger charge is 2.48. The summed E-state index contributed by atoms with van der Waals surface area (Å²) in [5, 5.41) is 11.7. The van der Waals surface area contributed by atoms with Gasteiger partial charge in [0.15, 0.2) is 4.90 Å². The van der Waals surface area contributed by atoms with E-state index in [1.807, 2.05) is 18.7 Å². The van der Waals surface area contributed by atoms with Gasteiger partial charge in [0.2, 0.25) is 5.91 Å². The van der Waals surface area contributed by atoms with Gasteiger partial charge < -0.3 is 19.1 Å². The van der Waals surface area contributed by atoms with Gasteiger partial charge in [-0.25, -0.2) is 0 Å². The van der Waals surface area contributed by atoms with Crippen LogP contribution in [0.3, 0.4) is 0 Å². The minimum absolute atomic E-state index is 0.0737. The minimum Gasteiger partial charge on any atom is -0.612 e. The molecule has 6 nitrogen and oxygen atoms in total. The van der Waals surface area contributed by atoms with Crippen molar-refractivity contribution in [3.8, 4) is 0 Å². The number of carbonyl (C=O) groups excluding carboxylic acids is 1. The Morgan fingerprint density at radius 1 is 1.32 bits per heavy atom. The highest BCUT2D eigenvalue weighted by atomic mass is 35.5. The molecule has 31 heavy (non-hydrogen) atoms. The second-order valence-electron chi connectivity index (χ2n) is 9.93. The fraction of sp³-hybridized carbons (Fsp3) is 0.739. The molecular formula is C23H35ClN2O4S. The van der Waals surface area contributed by atoms with Gasteiger partial charge >= 0.3 is 0 Å². The molecule has 174 valence electrons. The van der Waals surface area contributed by atoms with E-state index in [4.69, 9.17) is 11.6 Å². The molecule has 8 heteroatoms. The molecule has 0 bridgehead atoms. The summed E-state index contributed by atoms with van der Waals surface area (Å²) in [5.41, 5.74) is -2.11. The zero-order valence-electron chi connectivity index (χ0n) is 18.9. The molecule has 2 fully saturated rings. The molecule has 2 atom stereocenters. The molecule has 0 radical (unpaired) electrons. The quantitative estimate of drug-likeness (QED) is 0.644. The van der Waals surface area contributed by atoms with Gasteiger partial charge in [-0.05, 0) is 29.9 Å². The van der Waals surface area contributed by atoms with Gasteiger partial charge in [-0.15, -0.1) is 0 Å². The molecule has 2 aliphatic rings. The molecule has 1 saturated heterocycles. The van der Waals surface area contributed by atoms with E-state index in [0.717, 1.165) is 6.42 Å². The maximum Gasteiger partial charge on any atom is 0.252 e. The lowest BCUT2D eigenvalue weighted by molar-refractivity contribution is -0.154. The van der Waals surface area contributed by atoms with E-state index in [2.05, 4.69) is 0 Å². The molecule has 1 N–H and O–H groups in total. The standard InChI is InChI=1S/C23H35ClN2O4S/c1-22(2)15-25(20(27)10-9-17-7-5-4-6-8-17)12-11-23(22,29)16-26-14-19(31(3)30)18(24)13-21(26)28/h13-14,17,29H,4-12,15-16H2,1-3H3. The van der Waals surface area contributed by atoms with Crippen molar-refractivity contribution in [2.75, 3.05) is 19.3 Å². The first kappa shape index (κ1) is 24.6. The van der Waals surface area contributed by atoms with Gasteiger partial charge in [0.25, 0.3) is 5.56 Å². The number of rotatable bonds is 6. The Balaban J connectivity index is 1.67. The molecule has 0 spiro atoms. The number of carbonyl (C=O) groups is 1. The van der Waals surface area contributed by atoms with E-state index >= 15 is 0 Å². The summed E-state index contributed by atoms with van der Waals surface area (Å²) in [6.45, 7) is 4.87. The number of likely N-dealkylation sites (tertiary alicyclic amines) is 1. The molecular weight excluding hydrogens is 436 g/mol. The summed E-state index contributed by atoms with van der Waals surface area (Å²) in [4.78, 5) is 27.5. The predicted octanol–water partition coefficient (Wildman–Crippen LogP) is 3.59. The Bertz CT molecular complexity index is 850. The first-order chi connectivity index (χ1) is 14.5. The second-order valence-corrected chi connectivity index (χ2v) is 11.7. The van der Waals surface area contributed by atoms with E-state index in [1.54, 1.807) is 0 Å². The number of hydrogen-bond acceptors (Lipinski definition) is 4. The number of aliphatic hydroxyl groups is 1. The fourth-order valence-corrected chi connectivity index (χ4v) is 6.05. The number of halogens is 1. The van der Waals surface area contributed by atoms with E-state index < -0.39 is 22.2 Å². The molecule has 1 aromatic rings. The molecule has 2 unspecified atom stereocenters. The Morgan fingerprint density at radius 2 is 2.00 bits per heavy atom. The van der Waals surface area contributed by atoms with Crippen LogP contribution in [0.2, 0.25) is 5.02 Å². The van der Waals surface area contributed by atoms with Crippen LogP contribution in [0.1, 0.15) is 65.2 Å². The molecule has 2 heterocycles. The lowest BCUT2D eigenvalue weighted by atomic mass is 9.69. The highest BCUT2D eigenvalue weighted by molar-refractivity contribution is 7.90. The van der Waals surface area contributed by atoms with Gasteiger partial charge in [-0.2, -0.15) is 0 Å². The Labute approximate surface area is 193 Å². The summed E-state index contributed by atoms with van der Waals surface area (Å²) in [6, 6.07) is 1.25. The lowest BCUT2D eigenvalue weighted by Crippen LogP contribution is -2.60. The number of piperidine rings is 1. The maximum atomic E-state index is 12.8. The molecule has 0 aromatic carbocycles. The van der Waals surface area contributed by atoms with E-state index in [1.165, 1.54) is 55.2 Å². The van der Waals surface area contributed by atoms with Crippen molar-refractivity contribution in [2.45, 2.75) is 82.3 Å². The topological polar surface area (TPSA) is 85.6 Å². The van der Waals surface area contributed by atoms with Crippen molar-refractivity contribution in [1.82, 2.24) is 9.47 Å². The Kier molecular flexibility index (Phi) is 7.83. The predicted molar refractivity (Wildman–Crippen MR) is 124 cm³/mol. The van der Waals surface area contributed by atoms with Crippen LogP contribution in [-0.2, 0) is 22.5 Å². The normalized spacial score (nSPS) is 25.4. The first-order valence-electron chi connectivity index (χ1n) is 11.3. The fourth-order valence-electron chi connectivity index (χ4n) is 4.98. The van der Waals surface area contributed by atoms with Crippen molar-refractivity contribution in [3.05, 3.63) is 27.6 Å². The number of pyridine rings is 1. The van der Waals surface area contributed by atoms with Crippen molar-refractivity contribution in [2.24, 2.45) is 11.3 Å². The number of nitrogens with zero attached hydrogens (tertiary/aromatic N) is 2. The Hall–Kier alpha value is -1.02. The third-order valence-corrected chi connectivity index (χ3v) is 8.64. The zero-order valence-corrected chi connectivity index (χ0v) is 20.4. The molecule has 1 saturated carbocycles. The van der Waals surface area contributed by atoms with Gasteiger partial charge in [0.1, 0.15) is 11.3 Å². The molecule has 3 rings (SSSR count). The monoisotopic (exact) mass is 470 g/mol. The molecule has 1 aromatic heterocycles. The third-order valence-electron chi connectivity index (χ3n) is 7.27. The van der Waals surface area contributed by atoms with E-state index in [0.29, 0.717) is 36.7 Å². The highest BCUT2D eigenvalue weighted by Crippen LogP contribution is 2.40. The molecule has 1 aliphatic heterocycles. The summed E-state index contributed by atoms with van der Waals surface area (Å²) in [7, 11) is 0. The van der Waals surface area contributed by atoms with E-state index in [9.17, 15) is 19.2 Å². The molecule has 1 aliphatic carbocycles. The van der Waals surface area contributed by atoms with Crippen LogP contribution >= 0.6 is 11.6 Å². The van der Waals surface area contributed by atoms with Gasteiger partial charge in [-0.3, -0.25) is 9.59 Å². The number of amides is 1. The maximum absolute atomic E-state index is 12.8. The average Bonchev–Trinajstić information content (AvgIpc) is 2.71. The largest absolute Gasteiger partial charge is 0.612 e. The van der Waals surface area contributed by atoms with E-state index in [-0.39, 0.29) is 23.0 Å². The first-order valence-corrected chi connectivity index (χ1v) is 13.2.